The van der Waals surface area contributed by atoms with E-state index in [2.05, 4.69) is 42.3 Å². The van der Waals surface area contributed by atoms with Gasteiger partial charge in [-0.1, -0.05) is 201 Å². The fourth-order valence-electron chi connectivity index (χ4n) is 7.03. The molecule has 0 aliphatic carbocycles. The SMILES string of the molecule is CCCCCCCCCCCCCC[n+]1ccn(CCCCCCCCCCCC)c1CCCCCCCCCCCCC. The molecule has 0 fully saturated rings. The van der Waals surface area contributed by atoms with E-state index in [-0.39, 0.29) is 0 Å². The molecule has 1 heterocycles. The van der Waals surface area contributed by atoms with E-state index >= 15 is 0 Å². The van der Waals surface area contributed by atoms with Crippen LogP contribution in [0.5, 0.6) is 0 Å². The van der Waals surface area contributed by atoms with Crippen molar-refractivity contribution in [3.63, 3.8) is 0 Å². The summed E-state index contributed by atoms with van der Waals surface area (Å²) < 4.78 is 5.28. The molecule has 0 bridgehead atoms. The number of unbranched alkanes of at least 4 members (excludes halogenated alkanes) is 30. The zero-order valence-corrected chi connectivity index (χ0v) is 31.0. The predicted molar refractivity (Wildman–Crippen MR) is 198 cm³/mol. The average molecular weight is 616 g/mol. The monoisotopic (exact) mass is 616 g/mol. The molecule has 260 valence electrons. The Morgan fingerprint density at radius 3 is 1.09 bits per heavy atom. The van der Waals surface area contributed by atoms with E-state index in [0.29, 0.717) is 0 Å². The lowest BCUT2D eigenvalue weighted by molar-refractivity contribution is -0.704. The van der Waals surface area contributed by atoms with Crippen LogP contribution >= 0.6 is 0 Å². The third-order valence-corrected chi connectivity index (χ3v) is 10.1. The molecule has 0 spiro atoms. The minimum absolute atomic E-state index is 1.23. The maximum absolute atomic E-state index is 2.64. The minimum Gasteiger partial charge on any atom is -0.234 e. The number of nitrogens with zero attached hydrogens (tertiary/aromatic N) is 2. The molecule has 2 nitrogen and oxygen atoms in total. The molecule has 0 N–H and O–H groups in total. The number of hydrogen-bond acceptors (Lipinski definition) is 0. The summed E-state index contributed by atoms with van der Waals surface area (Å²) in [6, 6.07) is 0. The first-order valence-corrected chi connectivity index (χ1v) is 20.9. The quantitative estimate of drug-likeness (QED) is 0.0524. The highest BCUT2D eigenvalue weighted by atomic mass is 15.1. The van der Waals surface area contributed by atoms with Crippen molar-refractivity contribution in [2.24, 2.45) is 0 Å². The second-order valence-electron chi connectivity index (χ2n) is 14.5. The number of rotatable bonds is 36. The van der Waals surface area contributed by atoms with Gasteiger partial charge in [0.1, 0.15) is 12.4 Å². The zero-order chi connectivity index (χ0) is 31.6. The van der Waals surface area contributed by atoms with Crippen molar-refractivity contribution in [1.82, 2.24) is 4.57 Å². The molecule has 0 amide bonds. The lowest BCUT2D eigenvalue weighted by Gasteiger charge is -2.07. The van der Waals surface area contributed by atoms with Gasteiger partial charge in [0, 0.05) is 6.42 Å². The van der Waals surface area contributed by atoms with Gasteiger partial charge < -0.3 is 0 Å². The van der Waals surface area contributed by atoms with Crippen LogP contribution in [0, 0.1) is 0 Å². The molecule has 0 saturated heterocycles. The van der Waals surface area contributed by atoms with Crippen LogP contribution in [-0.2, 0) is 19.5 Å². The van der Waals surface area contributed by atoms with E-state index in [1.165, 1.54) is 231 Å². The highest BCUT2D eigenvalue weighted by molar-refractivity contribution is 4.84. The molecule has 1 aromatic heterocycles. The molecule has 44 heavy (non-hydrogen) atoms. The fraction of sp³-hybridized carbons (Fsp3) is 0.929. The van der Waals surface area contributed by atoms with Crippen LogP contribution in [0.2, 0.25) is 0 Å². The summed E-state index contributed by atoms with van der Waals surface area (Å²) in [6.45, 7) is 9.41. The molecular weight excluding hydrogens is 532 g/mol. The van der Waals surface area contributed by atoms with Crippen molar-refractivity contribution in [2.75, 3.05) is 0 Å². The van der Waals surface area contributed by atoms with Gasteiger partial charge in [0.25, 0.3) is 5.82 Å². The van der Waals surface area contributed by atoms with Gasteiger partial charge >= 0.3 is 0 Å². The topological polar surface area (TPSA) is 8.81 Å². The smallest absolute Gasteiger partial charge is 0.234 e. The molecule has 2 heteroatoms. The van der Waals surface area contributed by atoms with Gasteiger partial charge in [0.2, 0.25) is 0 Å². The molecule has 0 unspecified atom stereocenters. The van der Waals surface area contributed by atoms with Crippen LogP contribution in [0.25, 0.3) is 0 Å². The Labute approximate surface area is 279 Å². The average Bonchev–Trinajstić information content (AvgIpc) is 3.42. The third-order valence-electron chi connectivity index (χ3n) is 10.1. The molecule has 1 aromatic rings. The number of aromatic nitrogens is 2. The number of aryl methyl sites for hydroxylation is 2. The van der Waals surface area contributed by atoms with Crippen molar-refractivity contribution < 1.29 is 4.57 Å². The van der Waals surface area contributed by atoms with Gasteiger partial charge in [0.05, 0.1) is 13.1 Å². The lowest BCUT2D eigenvalue weighted by Crippen LogP contribution is -2.37. The Balaban J connectivity index is 2.30. The molecule has 0 saturated carbocycles. The van der Waals surface area contributed by atoms with E-state index in [1.807, 2.05) is 0 Å². The highest BCUT2D eigenvalue weighted by Gasteiger charge is 2.16. The Hall–Kier alpha value is -0.790. The maximum atomic E-state index is 2.64. The molecule has 0 aromatic carbocycles. The van der Waals surface area contributed by atoms with Gasteiger partial charge in [0.15, 0.2) is 0 Å². The van der Waals surface area contributed by atoms with E-state index < -0.39 is 0 Å². The van der Waals surface area contributed by atoms with E-state index in [1.54, 1.807) is 5.82 Å². The van der Waals surface area contributed by atoms with Crippen LogP contribution in [0.3, 0.4) is 0 Å². The van der Waals surface area contributed by atoms with Crippen LogP contribution in [0.4, 0.5) is 0 Å². The molecule has 1 rings (SSSR count). The molecule has 0 atom stereocenters. The Morgan fingerprint density at radius 1 is 0.386 bits per heavy atom. The Kier molecular flexibility index (Phi) is 31.5. The predicted octanol–water partition coefficient (Wildman–Crippen LogP) is 14.3. The maximum Gasteiger partial charge on any atom is 0.256 e. The minimum atomic E-state index is 1.23. The summed E-state index contributed by atoms with van der Waals surface area (Å²) in [4.78, 5) is 0. The standard InChI is InChI=1S/C42H83N2/c1-4-7-10-13-16-19-22-24-27-30-33-36-39-44-41-40-43(38-35-32-29-26-21-18-15-12-9-6-3)42(44)37-34-31-28-25-23-20-17-14-11-8-5-2/h40-41H,4-39H2,1-3H3/q+1. The molecule has 0 aliphatic rings. The fourth-order valence-corrected chi connectivity index (χ4v) is 7.03. The summed E-state index contributed by atoms with van der Waals surface area (Å²) in [5, 5.41) is 0. The van der Waals surface area contributed by atoms with Gasteiger partial charge in [-0.25, -0.2) is 9.13 Å². The first kappa shape index (κ1) is 41.2. The second-order valence-corrected chi connectivity index (χ2v) is 14.5. The Morgan fingerprint density at radius 2 is 0.705 bits per heavy atom. The summed E-state index contributed by atoms with van der Waals surface area (Å²) in [6.07, 6.45) is 53.4. The van der Waals surface area contributed by atoms with Gasteiger partial charge in [-0.3, -0.25) is 0 Å². The van der Waals surface area contributed by atoms with Crippen molar-refractivity contribution in [3.8, 4) is 0 Å². The van der Waals surface area contributed by atoms with Crippen LogP contribution < -0.4 is 4.57 Å². The molecular formula is C42H83N2+. The van der Waals surface area contributed by atoms with Gasteiger partial charge in [-0.2, -0.15) is 0 Å². The third kappa shape index (κ3) is 25.4. The van der Waals surface area contributed by atoms with Gasteiger partial charge in [-0.15, -0.1) is 0 Å². The van der Waals surface area contributed by atoms with Crippen LogP contribution in [-0.4, -0.2) is 4.57 Å². The molecule has 0 radical (unpaired) electrons. The van der Waals surface area contributed by atoms with Crippen LogP contribution in [0.1, 0.15) is 238 Å². The number of imidazole rings is 1. The van der Waals surface area contributed by atoms with Crippen molar-refractivity contribution in [2.45, 2.75) is 252 Å². The van der Waals surface area contributed by atoms with Crippen molar-refractivity contribution in [1.29, 1.82) is 0 Å². The van der Waals surface area contributed by atoms with E-state index in [4.69, 9.17) is 0 Å². The van der Waals surface area contributed by atoms with Crippen molar-refractivity contribution >= 4 is 0 Å². The highest BCUT2D eigenvalue weighted by Crippen LogP contribution is 2.15. The first-order chi connectivity index (χ1) is 21.8. The Bertz CT molecular complexity index is 677. The van der Waals surface area contributed by atoms with Crippen molar-refractivity contribution in [3.05, 3.63) is 18.2 Å². The molecule has 0 aliphatic heterocycles. The number of hydrogen-bond donors (Lipinski definition) is 0. The van der Waals surface area contributed by atoms with E-state index in [0.717, 1.165) is 0 Å². The summed E-state index contributed by atoms with van der Waals surface area (Å²) in [7, 11) is 0. The summed E-state index contributed by atoms with van der Waals surface area (Å²) >= 11 is 0. The normalized spacial score (nSPS) is 11.6. The van der Waals surface area contributed by atoms with Gasteiger partial charge in [-0.05, 0) is 32.1 Å². The lowest BCUT2D eigenvalue weighted by atomic mass is 10.0. The second kappa shape index (κ2) is 33.6. The van der Waals surface area contributed by atoms with Crippen LogP contribution in [0.15, 0.2) is 12.4 Å². The summed E-state index contributed by atoms with van der Waals surface area (Å²) in [5.74, 6) is 1.62. The summed E-state index contributed by atoms with van der Waals surface area (Å²) in [5.41, 5.74) is 0. The van der Waals surface area contributed by atoms with E-state index in [9.17, 15) is 0 Å². The first-order valence-electron chi connectivity index (χ1n) is 20.9. The zero-order valence-electron chi connectivity index (χ0n) is 31.0. The largest absolute Gasteiger partial charge is 0.256 e.